The van der Waals surface area contributed by atoms with Crippen LogP contribution in [0.25, 0.3) is 0 Å². The van der Waals surface area contributed by atoms with Gasteiger partial charge >= 0.3 is 0 Å². The summed E-state index contributed by atoms with van der Waals surface area (Å²) >= 11 is 0. The van der Waals surface area contributed by atoms with Gasteiger partial charge in [0, 0.05) is 32.1 Å². The second-order valence-electron chi connectivity index (χ2n) is 7.22. The van der Waals surface area contributed by atoms with E-state index in [-0.39, 0.29) is 0 Å². The topological polar surface area (TPSA) is 32.3 Å². The van der Waals surface area contributed by atoms with Crippen molar-refractivity contribution in [2.45, 2.75) is 59.9 Å². The highest BCUT2D eigenvalue weighted by atomic mass is 16.2. The van der Waals surface area contributed by atoms with Gasteiger partial charge in [-0.2, -0.15) is 0 Å². The molecule has 0 aromatic rings. The predicted molar refractivity (Wildman–Crippen MR) is 76.5 cm³/mol. The molecule has 1 heterocycles. The molecule has 1 aliphatic rings. The van der Waals surface area contributed by atoms with Crippen LogP contribution < -0.4 is 5.32 Å². The number of nitrogens with one attached hydrogen (secondary N) is 1. The van der Waals surface area contributed by atoms with Gasteiger partial charge in [0.25, 0.3) is 0 Å². The Labute approximate surface area is 112 Å². The van der Waals surface area contributed by atoms with E-state index in [9.17, 15) is 4.79 Å². The summed E-state index contributed by atoms with van der Waals surface area (Å²) in [4.78, 5) is 14.1. The lowest BCUT2D eigenvalue weighted by Crippen LogP contribution is -2.49. The van der Waals surface area contributed by atoms with Gasteiger partial charge in [-0.3, -0.25) is 4.79 Å². The Balaban J connectivity index is 2.38. The molecule has 18 heavy (non-hydrogen) atoms. The first-order valence-corrected chi connectivity index (χ1v) is 7.29. The van der Waals surface area contributed by atoms with Crippen molar-refractivity contribution in [1.29, 1.82) is 0 Å². The van der Waals surface area contributed by atoms with Gasteiger partial charge in [0.2, 0.25) is 5.91 Å². The standard InChI is InChI=1S/C15H30N2O/c1-12(2)9-14(18)17-8-6-7-13(10-17)16-11-15(3,4)5/h12-13,16H,6-11H2,1-5H3. The van der Waals surface area contributed by atoms with Crippen molar-refractivity contribution in [3.05, 3.63) is 0 Å². The normalized spacial score (nSPS) is 21.4. The second kappa shape index (κ2) is 6.55. The Bertz CT molecular complexity index is 268. The number of hydrogen-bond donors (Lipinski definition) is 1. The monoisotopic (exact) mass is 254 g/mol. The minimum atomic E-state index is 0.310. The van der Waals surface area contributed by atoms with Gasteiger partial charge < -0.3 is 10.2 Å². The summed E-state index contributed by atoms with van der Waals surface area (Å²) in [7, 11) is 0. The molecule has 0 radical (unpaired) electrons. The van der Waals surface area contributed by atoms with Crippen molar-refractivity contribution in [2.75, 3.05) is 19.6 Å². The first-order chi connectivity index (χ1) is 8.28. The Morgan fingerprint density at radius 1 is 1.39 bits per heavy atom. The SMILES string of the molecule is CC(C)CC(=O)N1CCCC(NCC(C)(C)C)C1. The average Bonchev–Trinajstić information content (AvgIpc) is 2.25. The highest BCUT2D eigenvalue weighted by Gasteiger charge is 2.24. The Morgan fingerprint density at radius 3 is 2.61 bits per heavy atom. The maximum absolute atomic E-state index is 12.1. The molecule has 0 spiro atoms. The van der Waals surface area contributed by atoms with Crippen molar-refractivity contribution < 1.29 is 4.79 Å². The molecule has 1 aliphatic heterocycles. The quantitative estimate of drug-likeness (QED) is 0.836. The molecule has 0 aliphatic carbocycles. The van der Waals surface area contributed by atoms with Crippen LogP contribution in [0.5, 0.6) is 0 Å². The summed E-state index contributed by atoms with van der Waals surface area (Å²) in [5, 5.41) is 3.61. The predicted octanol–water partition coefficient (Wildman–Crippen LogP) is 2.66. The molecule has 0 saturated carbocycles. The fourth-order valence-electron chi connectivity index (χ4n) is 2.30. The molecular weight excluding hydrogens is 224 g/mol. The first kappa shape index (κ1) is 15.5. The molecule has 1 N–H and O–H groups in total. The Kier molecular flexibility index (Phi) is 5.64. The van der Waals surface area contributed by atoms with Gasteiger partial charge in [0.15, 0.2) is 0 Å². The minimum absolute atomic E-state index is 0.310. The zero-order valence-corrected chi connectivity index (χ0v) is 12.8. The van der Waals surface area contributed by atoms with E-state index in [1.54, 1.807) is 0 Å². The molecule has 0 bridgehead atoms. The molecule has 0 aromatic heterocycles. The number of carbonyl (C=O) groups excluding carboxylic acids is 1. The number of nitrogens with zero attached hydrogens (tertiary/aromatic N) is 1. The Hall–Kier alpha value is -0.570. The number of hydrogen-bond acceptors (Lipinski definition) is 2. The molecule has 1 unspecified atom stereocenters. The lowest BCUT2D eigenvalue weighted by atomic mass is 9.95. The minimum Gasteiger partial charge on any atom is -0.341 e. The van der Waals surface area contributed by atoms with E-state index in [0.717, 1.165) is 26.1 Å². The molecule has 1 atom stereocenters. The largest absolute Gasteiger partial charge is 0.341 e. The molecule has 3 nitrogen and oxygen atoms in total. The van der Waals surface area contributed by atoms with Crippen molar-refractivity contribution >= 4 is 5.91 Å². The molecule has 106 valence electrons. The van der Waals surface area contributed by atoms with E-state index in [0.29, 0.717) is 29.7 Å². The van der Waals surface area contributed by atoms with Crippen LogP contribution in [0.1, 0.15) is 53.9 Å². The number of piperidine rings is 1. The first-order valence-electron chi connectivity index (χ1n) is 7.29. The summed E-state index contributed by atoms with van der Waals surface area (Å²) in [6, 6.07) is 0.481. The van der Waals surface area contributed by atoms with Crippen LogP contribution >= 0.6 is 0 Å². The van der Waals surface area contributed by atoms with Crippen molar-refractivity contribution in [1.82, 2.24) is 10.2 Å². The van der Waals surface area contributed by atoms with E-state index in [2.05, 4.69) is 39.9 Å². The van der Waals surface area contributed by atoms with Crippen LogP contribution in [0, 0.1) is 11.3 Å². The summed E-state index contributed by atoms with van der Waals surface area (Å²) in [5.41, 5.74) is 0.310. The van der Waals surface area contributed by atoms with Gasteiger partial charge in [-0.25, -0.2) is 0 Å². The number of rotatable bonds is 4. The molecule has 1 saturated heterocycles. The van der Waals surface area contributed by atoms with Crippen LogP contribution in [0.4, 0.5) is 0 Å². The average molecular weight is 254 g/mol. The summed E-state index contributed by atoms with van der Waals surface area (Å²) in [5.74, 6) is 0.785. The number of likely N-dealkylation sites (tertiary alicyclic amines) is 1. The fourth-order valence-corrected chi connectivity index (χ4v) is 2.30. The Morgan fingerprint density at radius 2 is 2.06 bits per heavy atom. The zero-order valence-electron chi connectivity index (χ0n) is 12.8. The summed E-state index contributed by atoms with van der Waals surface area (Å²) < 4.78 is 0. The number of carbonyl (C=O) groups is 1. The zero-order chi connectivity index (χ0) is 13.8. The molecule has 3 heteroatoms. The maximum Gasteiger partial charge on any atom is 0.222 e. The van der Waals surface area contributed by atoms with Crippen molar-refractivity contribution in [3.63, 3.8) is 0 Å². The third kappa shape index (κ3) is 5.85. The van der Waals surface area contributed by atoms with Crippen LogP contribution in [0.3, 0.4) is 0 Å². The second-order valence-corrected chi connectivity index (χ2v) is 7.22. The molecule has 1 rings (SSSR count). The summed E-state index contributed by atoms with van der Waals surface area (Å²) in [6.45, 7) is 13.8. The molecule has 0 aromatic carbocycles. The van der Waals surface area contributed by atoms with E-state index in [1.807, 2.05) is 4.90 Å². The third-order valence-corrected chi connectivity index (χ3v) is 3.28. The van der Waals surface area contributed by atoms with E-state index in [4.69, 9.17) is 0 Å². The molecule has 1 fully saturated rings. The lowest BCUT2D eigenvalue weighted by Gasteiger charge is -2.35. The van der Waals surface area contributed by atoms with Gasteiger partial charge in [0.1, 0.15) is 0 Å². The van der Waals surface area contributed by atoms with E-state index >= 15 is 0 Å². The smallest absolute Gasteiger partial charge is 0.222 e. The van der Waals surface area contributed by atoms with Crippen LogP contribution in [-0.4, -0.2) is 36.5 Å². The third-order valence-electron chi connectivity index (χ3n) is 3.28. The van der Waals surface area contributed by atoms with Gasteiger partial charge in [-0.1, -0.05) is 34.6 Å². The lowest BCUT2D eigenvalue weighted by molar-refractivity contribution is -0.133. The van der Waals surface area contributed by atoms with Crippen LogP contribution in [0.2, 0.25) is 0 Å². The fraction of sp³-hybridized carbons (Fsp3) is 0.933. The highest BCUT2D eigenvalue weighted by molar-refractivity contribution is 5.76. The van der Waals surface area contributed by atoms with Crippen LogP contribution in [-0.2, 0) is 4.79 Å². The molecule has 1 amide bonds. The highest BCUT2D eigenvalue weighted by Crippen LogP contribution is 2.16. The molecular formula is C15H30N2O. The van der Waals surface area contributed by atoms with Crippen LogP contribution in [0.15, 0.2) is 0 Å². The van der Waals surface area contributed by atoms with E-state index in [1.165, 1.54) is 6.42 Å². The van der Waals surface area contributed by atoms with Crippen molar-refractivity contribution in [2.24, 2.45) is 11.3 Å². The number of amides is 1. The summed E-state index contributed by atoms with van der Waals surface area (Å²) in [6.07, 6.45) is 3.01. The van der Waals surface area contributed by atoms with E-state index < -0.39 is 0 Å². The van der Waals surface area contributed by atoms with Gasteiger partial charge in [-0.15, -0.1) is 0 Å². The van der Waals surface area contributed by atoms with Gasteiger partial charge in [0.05, 0.1) is 0 Å². The maximum atomic E-state index is 12.1. The van der Waals surface area contributed by atoms with Crippen molar-refractivity contribution in [3.8, 4) is 0 Å². The van der Waals surface area contributed by atoms with Gasteiger partial charge in [-0.05, 0) is 24.2 Å².